The maximum Gasteiger partial charge on any atom is 0.111 e. The van der Waals surface area contributed by atoms with E-state index >= 15 is 0 Å². The molecule has 1 aliphatic rings. The van der Waals surface area contributed by atoms with E-state index in [1.807, 2.05) is 24.3 Å². The second kappa shape index (κ2) is 6.04. The van der Waals surface area contributed by atoms with Crippen LogP contribution < -0.4 is 5.59 Å². The summed E-state index contributed by atoms with van der Waals surface area (Å²) in [5.41, 5.74) is 2.69. The van der Waals surface area contributed by atoms with Gasteiger partial charge < -0.3 is 5.11 Å². The lowest BCUT2D eigenvalue weighted by atomic mass is 10.2. The molecular formula is C11H15ClN2O2S. The van der Waals surface area contributed by atoms with Crippen LogP contribution in [0, 0.1) is 0 Å². The van der Waals surface area contributed by atoms with Crippen molar-refractivity contribution >= 4 is 23.4 Å². The molecule has 0 spiro atoms. The second-order valence-corrected chi connectivity index (χ2v) is 5.61. The maximum atomic E-state index is 9.14. The zero-order chi connectivity index (χ0) is 12.3. The molecule has 2 atom stereocenters. The van der Waals surface area contributed by atoms with Crippen LogP contribution in [0.3, 0.4) is 0 Å². The first-order valence-corrected chi connectivity index (χ1v) is 6.63. The number of thioether (sulfide) groups is 1. The molecule has 6 heteroatoms. The maximum absolute atomic E-state index is 9.14. The molecule has 1 fully saturated rings. The largest absolute Gasteiger partial charge is 0.380 e. The summed E-state index contributed by atoms with van der Waals surface area (Å²) < 4.78 is 0. The Bertz CT molecular complexity index is 363. The number of hydrazine groups is 1. The van der Waals surface area contributed by atoms with Crippen molar-refractivity contribution in [2.75, 3.05) is 13.3 Å². The predicted octanol–water partition coefficient (Wildman–Crippen LogP) is 1.89. The van der Waals surface area contributed by atoms with Crippen LogP contribution in [0.15, 0.2) is 29.2 Å². The fourth-order valence-electron chi connectivity index (χ4n) is 1.60. The molecule has 0 aliphatic carbocycles. The lowest BCUT2D eigenvalue weighted by Gasteiger charge is -2.37. The Morgan fingerprint density at radius 1 is 1.53 bits per heavy atom. The number of nitrogens with zero attached hydrogens (tertiary/aromatic N) is 1. The molecule has 0 aromatic heterocycles. The summed E-state index contributed by atoms with van der Waals surface area (Å²) in [4.78, 5) is 6.37. The first-order valence-electron chi connectivity index (χ1n) is 5.38. The molecule has 1 aromatic carbocycles. The minimum Gasteiger partial charge on any atom is -0.380 e. The van der Waals surface area contributed by atoms with E-state index in [1.165, 1.54) is 0 Å². The van der Waals surface area contributed by atoms with Gasteiger partial charge in [0.1, 0.15) is 6.73 Å². The third kappa shape index (κ3) is 3.34. The minimum absolute atomic E-state index is 0.0706. The quantitative estimate of drug-likeness (QED) is 0.881. The van der Waals surface area contributed by atoms with Crippen molar-refractivity contribution in [3.63, 3.8) is 0 Å². The highest BCUT2D eigenvalue weighted by molar-refractivity contribution is 8.00. The van der Waals surface area contributed by atoms with Gasteiger partial charge in [-0.3, -0.25) is 4.84 Å². The molecular weight excluding hydrogens is 260 g/mol. The Hall–Kier alpha value is -0.300. The van der Waals surface area contributed by atoms with Crippen molar-refractivity contribution < 1.29 is 9.94 Å². The molecule has 0 saturated carbocycles. The highest BCUT2D eigenvalue weighted by Crippen LogP contribution is 2.29. The van der Waals surface area contributed by atoms with Gasteiger partial charge in [0.15, 0.2) is 0 Å². The summed E-state index contributed by atoms with van der Waals surface area (Å²) in [5, 5.41) is 11.8. The predicted molar refractivity (Wildman–Crippen MR) is 68.6 cm³/mol. The van der Waals surface area contributed by atoms with Crippen molar-refractivity contribution in [3.05, 3.63) is 29.3 Å². The van der Waals surface area contributed by atoms with Crippen LogP contribution in [0.4, 0.5) is 0 Å². The minimum atomic E-state index is -0.0706. The van der Waals surface area contributed by atoms with Crippen LogP contribution in [-0.4, -0.2) is 34.7 Å². The Balaban J connectivity index is 2.00. The van der Waals surface area contributed by atoms with Crippen LogP contribution in [0.5, 0.6) is 0 Å². The smallest absolute Gasteiger partial charge is 0.111 e. The van der Waals surface area contributed by atoms with Crippen LogP contribution in [0.1, 0.15) is 6.92 Å². The Morgan fingerprint density at radius 3 is 2.88 bits per heavy atom. The zero-order valence-electron chi connectivity index (χ0n) is 9.47. The van der Waals surface area contributed by atoms with Gasteiger partial charge >= 0.3 is 0 Å². The third-order valence-electron chi connectivity index (χ3n) is 2.71. The molecule has 0 bridgehead atoms. The van der Waals surface area contributed by atoms with Crippen LogP contribution >= 0.6 is 23.4 Å². The average Bonchev–Trinajstić information content (AvgIpc) is 2.35. The van der Waals surface area contributed by atoms with E-state index in [1.54, 1.807) is 16.8 Å². The van der Waals surface area contributed by atoms with Crippen LogP contribution in [-0.2, 0) is 4.84 Å². The van der Waals surface area contributed by atoms with Crippen molar-refractivity contribution in [2.24, 2.45) is 0 Å². The molecule has 2 N–H and O–H groups in total. The van der Waals surface area contributed by atoms with Gasteiger partial charge in [0.05, 0.1) is 11.9 Å². The molecule has 1 saturated heterocycles. The number of nitrogens with one attached hydrogen (secondary N) is 1. The molecule has 2 rings (SSSR count). The normalized spacial score (nSPS) is 26.1. The SMILES string of the molecule is CC1C(Sc2ccc(Cl)cc2)CONN1CO. The van der Waals surface area contributed by atoms with E-state index in [-0.39, 0.29) is 18.0 Å². The Kier molecular flexibility index (Phi) is 4.67. The van der Waals surface area contributed by atoms with Crippen molar-refractivity contribution in [1.29, 1.82) is 0 Å². The number of rotatable bonds is 3. The lowest BCUT2D eigenvalue weighted by molar-refractivity contribution is -0.165. The van der Waals surface area contributed by atoms with Crippen LogP contribution in [0.25, 0.3) is 0 Å². The zero-order valence-corrected chi connectivity index (χ0v) is 11.0. The summed E-state index contributed by atoms with van der Waals surface area (Å²) in [6, 6.07) is 7.92. The topological polar surface area (TPSA) is 44.7 Å². The number of aliphatic hydroxyl groups excluding tert-OH is 1. The van der Waals surface area contributed by atoms with Gasteiger partial charge in [-0.25, -0.2) is 0 Å². The van der Waals surface area contributed by atoms with E-state index in [2.05, 4.69) is 12.5 Å². The number of benzene rings is 1. The van der Waals surface area contributed by atoms with E-state index in [9.17, 15) is 0 Å². The van der Waals surface area contributed by atoms with Crippen molar-refractivity contribution in [1.82, 2.24) is 10.6 Å². The third-order valence-corrected chi connectivity index (χ3v) is 4.34. The highest BCUT2D eigenvalue weighted by Gasteiger charge is 2.29. The van der Waals surface area contributed by atoms with E-state index in [0.717, 1.165) is 9.92 Å². The van der Waals surface area contributed by atoms with Crippen LogP contribution in [0.2, 0.25) is 5.02 Å². The second-order valence-electron chi connectivity index (χ2n) is 3.86. The molecule has 4 nitrogen and oxygen atoms in total. The van der Waals surface area contributed by atoms with Gasteiger partial charge in [-0.05, 0) is 31.2 Å². The van der Waals surface area contributed by atoms with Gasteiger partial charge in [-0.1, -0.05) is 11.6 Å². The van der Waals surface area contributed by atoms with E-state index < -0.39 is 0 Å². The molecule has 0 radical (unpaired) electrons. The number of aliphatic hydroxyl groups is 1. The monoisotopic (exact) mass is 274 g/mol. The first kappa shape index (κ1) is 13.1. The molecule has 1 aliphatic heterocycles. The Morgan fingerprint density at radius 2 is 2.24 bits per heavy atom. The molecule has 1 aromatic rings. The summed E-state index contributed by atoms with van der Waals surface area (Å²) in [5.74, 6) is 0. The fourth-order valence-corrected chi connectivity index (χ4v) is 2.85. The van der Waals surface area contributed by atoms with Gasteiger partial charge in [0.2, 0.25) is 0 Å². The first-order chi connectivity index (χ1) is 8.20. The Labute approximate surface area is 110 Å². The van der Waals surface area contributed by atoms with Crippen molar-refractivity contribution in [2.45, 2.75) is 23.1 Å². The highest BCUT2D eigenvalue weighted by atomic mass is 35.5. The molecule has 2 unspecified atom stereocenters. The van der Waals surface area contributed by atoms with E-state index in [4.69, 9.17) is 21.5 Å². The summed E-state index contributed by atoms with van der Waals surface area (Å²) in [7, 11) is 0. The van der Waals surface area contributed by atoms with Crippen molar-refractivity contribution in [3.8, 4) is 0 Å². The summed E-state index contributed by atoms with van der Waals surface area (Å²) >= 11 is 7.57. The standard InChI is InChI=1S/C11H15ClN2O2S/c1-8-11(6-16-13-14(8)7-15)17-10-4-2-9(12)3-5-10/h2-5,8,11,13,15H,6-7H2,1H3. The fraction of sp³-hybridized carbons (Fsp3) is 0.455. The summed E-state index contributed by atoms with van der Waals surface area (Å²) in [6.07, 6.45) is 0. The molecule has 94 valence electrons. The summed E-state index contributed by atoms with van der Waals surface area (Å²) in [6.45, 7) is 2.59. The number of hydrogen-bond donors (Lipinski definition) is 2. The number of halogens is 1. The molecule has 0 amide bonds. The van der Waals surface area contributed by atoms with E-state index in [0.29, 0.717) is 6.61 Å². The molecule has 1 heterocycles. The van der Waals surface area contributed by atoms with Gasteiger partial charge in [0.25, 0.3) is 0 Å². The van der Waals surface area contributed by atoms with Gasteiger partial charge in [-0.2, -0.15) is 5.01 Å². The van der Waals surface area contributed by atoms with Gasteiger partial charge in [-0.15, -0.1) is 17.4 Å². The molecule has 17 heavy (non-hydrogen) atoms. The average molecular weight is 275 g/mol. The number of hydrogen-bond acceptors (Lipinski definition) is 5. The van der Waals surface area contributed by atoms with Gasteiger partial charge in [0, 0.05) is 16.0 Å². The lowest BCUT2D eigenvalue weighted by Crippen LogP contribution is -2.55.